The molecular formula is C18H17F2N3O2. The molecule has 0 aliphatic carbocycles. The van der Waals surface area contributed by atoms with Crippen molar-refractivity contribution in [1.82, 2.24) is 15.1 Å². The van der Waals surface area contributed by atoms with Crippen LogP contribution >= 0.6 is 0 Å². The third kappa shape index (κ3) is 3.60. The maximum absolute atomic E-state index is 13.3. The summed E-state index contributed by atoms with van der Waals surface area (Å²) in [5, 5.41) is 7.16. The quantitative estimate of drug-likeness (QED) is 0.771. The molecule has 0 unspecified atom stereocenters. The van der Waals surface area contributed by atoms with Gasteiger partial charge in [-0.15, -0.1) is 0 Å². The number of hydrogen-bond donors (Lipinski definition) is 1. The molecule has 1 aromatic carbocycles. The molecule has 0 bridgehead atoms. The Balaban J connectivity index is 1.80. The minimum atomic E-state index is -1.06. The fraction of sp³-hybridized carbons (Fsp3) is 0.222. The van der Waals surface area contributed by atoms with Crippen molar-refractivity contribution in [2.75, 3.05) is 6.54 Å². The lowest BCUT2D eigenvalue weighted by Gasteiger charge is -2.18. The Labute approximate surface area is 143 Å². The van der Waals surface area contributed by atoms with Crippen LogP contribution in [0.1, 0.15) is 33.5 Å². The van der Waals surface area contributed by atoms with Crippen LogP contribution in [0.2, 0.25) is 0 Å². The van der Waals surface area contributed by atoms with Crippen LogP contribution in [0.25, 0.3) is 0 Å². The largest absolute Gasteiger partial charge is 0.467 e. The minimum Gasteiger partial charge on any atom is -0.467 e. The summed E-state index contributed by atoms with van der Waals surface area (Å²) in [5.74, 6) is -1.92. The maximum atomic E-state index is 13.3. The lowest BCUT2D eigenvalue weighted by Crippen LogP contribution is -2.32. The number of nitrogens with one attached hydrogen (secondary N) is 1. The minimum absolute atomic E-state index is 0.0467. The molecule has 0 saturated heterocycles. The number of halogens is 2. The van der Waals surface area contributed by atoms with Gasteiger partial charge in [-0.25, -0.2) is 8.78 Å². The Hall–Kier alpha value is -2.96. The molecule has 25 heavy (non-hydrogen) atoms. The van der Waals surface area contributed by atoms with E-state index in [1.54, 1.807) is 23.1 Å². The summed E-state index contributed by atoms with van der Waals surface area (Å²) in [7, 11) is 0. The lowest BCUT2D eigenvalue weighted by atomic mass is 10.1. The van der Waals surface area contributed by atoms with Crippen molar-refractivity contribution in [3.8, 4) is 0 Å². The van der Waals surface area contributed by atoms with Crippen LogP contribution in [-0.4, -0.2) is 22.2 Å². The van der Waals surface area contributed by atoms with E-state index in [1.165, 1.54) is 6.07 Å². The zero-order valence-corrected chi connectivity index (χ0v) is 13.8. The van der Waals surface area contributed by atoms with Gasteiger partial charge in [-0.2, -0.15) is 5.10 Å². The number of furan rings is 1. The summed E-state index contributed by atoms with van der Waals surface area (Å²) >= 11 is 0. The lowest BCUT2D eigenvalue weighted by molar-refractivity contribution is 0.0947. The second-order valence-electron chi connectivity index (χ2n) is 5.74. The van der Waals surface area contributed by atoms with Crippen LogP contribution in [0.15, 0.2) is 47.1 Å². The highest BCUT2D eigenvalue weighted by Gasteiger charge is 2.21. The molecule has 0 spiro atoms. The van der Waals surface area contributed by atoms with Crippen LogP contribution in [0.4, 0.5) is 8.78 Å². The van der Waals surface area contributed by atoms with E-state index in [4.69, 9.17) is 4.42 Å². The number of carbonyl (C=O) groups is 1. The van der Waals surface area contributed by atoms with E-state index in [-0.39, 0.29) is 18.2 Å². The van der Waals surface area contributed by atoms with Crippen LogP contribution < -0.4 is 5.32 Å². The predicted octanol–water partition coefficient (Wildman–Crippen LogP) is 3.39. The van der Waals surface area contributed by atoms with Crippen LogP contribution in [0.5, 0.6) is 0 Å². The SMILES string of the molecule is Cc1cc(C)n([C@H](CNC(=O)c2ccc(F)c(F)c2)c2ccco2)n1. The molecule has 0 saturated carbocycles. The Morgan fingerprint density at radius 2 is 2.04 bits per heavy atom. The second kappa shape index (κ2) is 6.88. The van der Waals surface area contributed by atoms with Crippen LogP contribution in [0, 0.1) is 25.5 Å². The highest BCUT2D eigenvalue weighted by Crippen LogP contribution is 2.20. The molecule has 3 rings (SSSR count). The molecule has 3 aromatic rings. The van der Waals surface area contributed by atoms with Crippen molar-refractivity contribution in [2.24, 2.45) is 0 Å². The molecule has 7 heteroatoms. The first-order valence-corrected chi connectivity index (χ1v) is 7.75. The average molecular weight is 345 g/mol. The summed E-state index contributed by atoms with van der Waals surface area (Å²) in [6.07, 6.45) is 1.55. The van der Waals surface area contributed by atoms with Crippen molar-refractivity contribution in [3.63, 3.8) is 0 Å². The predicted molar refractivity (Wildman–Crippen MR) is 87.2 cm³/mol. The maximum Gasteiger partial charge on any atom is 0.251 e. The topological polar surface area (TPSA) is 60.1 Å². The number of benzene rings is 1. The number of nitrogens with zero attached hydrogens (tertiary/aromatic N) is 2. The molecule has 0 aliphatic rings. The van der Waals surface area contributed by atoms with Gasteiger partial charge in [0.1, 0.15) is 11.8 Å². The molecule has 130 valence electrons. The third-order valence-electron chi connectivity index (χ3n) is 3.85. The molecule has 1 amide bonds. The Bertz CT molecular complexity index is 888. The molecule has 0 radical (unpaired) electrons. The smallest absolute Gasteiger partial charge is 0.251 e. The average Bonchev–Trinajstić information content (AvgIpc) is 3.20. The summed E-state index contributed by atoms with van der Waals surface area (Å²) in [4.78, 5) is 12.2. The van der Waals surface area contributed by atoms with Crippen molar-refractivity contribution in [3.05, 3.63) is 77.0 Å². The van der Waals surface area contributed by atoms with E-state index in [2.05, 4.69) is 10.4 Å². The van der Waals surface area contributed by atoms with Gasteiger partial charge >= 0.3 is 0 Å². The van der Waals surface area contributed by atoms with Gasteiger partial charge in [0, 0.05) is 17.8 Å². The number of hydrogen-bond acceptors (Lipinski definition) is 3. The van der Waals surface area contributed by atoms with E-state index in [1.807, 2.05) is 19.9 Å². The zero-order valence-electron chi connectivity index (χ0n) is 13.8. The first-order valence-electron chi connectivity index (χ1n) is 7.75. The number of carbonyl (C=O) groups excluding carboxylic acids is 1. The molecule has 1 atom stereocenters. The fourth-order valence-corrected chi connectivity index (χ4v) is 2.68. The van der Waals surface area contributed by atoms with Gasteiger partial charge in [0.25, 0.3) is 5.91 Å². The molecule has 5 nitrogen and oxygen atoms in total. The van der Waals surface area contributed by atoms with E-state index < -0.39 is 17.5 Å². The number of amides is 1. The summed E-state index contributed by atoms with van der Waals surface area (Å²) in [6.45, 7) is 3.98. The number of aryl methyl sites for hydroxylation is 2. The van der Waals surface area contributed by atoms with Gasteiger partial charge in [0.15, 0.2) is 11.6 Å². The van der Waals surface area contributed by atoms with Crippen molar-refractivity contribution in [2.45, 2.75) is 19.9 Å². The first kappa shape index (κ1) is 16.9. The monoisotopic (exact) mass is 345 g/mol. The normalized spacial score (nSPS) is 12.2. The molecular weight excluding hydrogens is 328 g/mol. The molecule has 1 N–H and O–H groups in total. The van der Waals surface area contributed by atoms with Gasteiger partial charge in [0.05, 0.1) is 12.0 Å². The van der Waals surface area contributed by atoms with Gasteiger partial charge in [-0.1, -0.05) is 0 Å². The molecule has 2 heterocycles. The molecule has 0 fully saturated rings. The van der Waals surface area contributed by atoms with Crippen molar-refractivity contribution >= 4 is 5.91 Å². The Morgan fingerprint density at radius 1 is 1.24 bits per heavy atom. The zero-order chi connectivity index (χ0) is 18.0. The molecule has 2 aromatic heterocycles. The summed E-state index contributed by atoms with van der Waals surface area (Å²) in [5.41, 5.74) is 1.81. The van der Waals surface area contributed by atoms with Crippen molar-refractivity contribution < 1.29 is 18.0 Å². The van der Waals surface area contributed by atoms with Gasteiger partial charge in [-0.3, -0.25) is 9.48 Å². The Kier molecular flexibility index (Phi) is 4.65. The third-order valence-corrected chi connectivity index (χ3v) is 3.85. The standard InChI is InChI=1S/C18H17F2N3O2/c1-11-8-12(2)23(22-11)16(17-4-3-7-25-17)10-21-18(24)13-5-6-14(19)15(20)9-13/h3-9,16H,10H2,1-2H3,(H,21,24)/t16-/m1/s1. The van der Waals surface area contributed by atoms with E-state index in [0.717, 1.165) is 23.5 Å². The fourth-order valence-electron chi connectivity index (χ4n) is 2.68. The number of aromatic nitrogens is 2. The highest BCUT2D eigenvalue weighted by molar-refractivity contribution is 5.94. The van der Waals surface area contributed by atoms with E-state index in [9.17, 15) is 13.6 Å². The van der Waals surface area contributed by atoms with E-state index in [0.29, 0.717) is 5.76 Å². The van der Waals surface area contributed by atoms with Crippen LogP contribution in [-0.2, 0) is 0 Å². The van der Waals surface area contributed by atoms with Crippen molar-refractivity contribution in [1.29, 1.82) is 0 Å². The summed E-state index contributed by atoms with van der Waals surface area (Å²) in [6, 6.07) is 8.16. The van der Waals surface area contributed by atoms with Crippen LogP contribution in [0.3, 0.4) is 0 Å². The van der Waals surface area contributed by atoms with Gasteiger partial charge in [-0.05, 0) is 50.2 Å². The second-order valence-corrected chi connectivity index (χ2v) is 5.74. The van der Waals surface area contributed by atoms with Gasteiger partial charge < -0.3 is 9.73 Å². The first-order chi connectivity index (χ1) is 12.0. The van der Waals surface area contributed by atoms with E-state index >= 15 is 0 Å². The van der Waals surface area contributed by atoms with Gasteiger partial charge in [0.2, 0.25) is 0 Å². The molecule has 0 aliphatic heterocycles. The summed E-state index contributed by atoms with van der Waals surface area (Å²) < 4.78 is 33.5. The Morgan fingerprint density at radius 3 is 2.64 bits per heavy atom. The number of rotatable bonds is 5. The highest BCUT2D eigenvalue weighted by atomic mass is 19.2.